The summed E-state index contributed by atoms with van der Waals surface area (Å²) in [4.78, 5) is 16.7. The van der Waals surface area contributed by atoms with Gasteiger partial charge < -0.3 is 4.74 Å². The molecule has 0 aliphatic heterocycles. The molecular formula is C17H13N3O2S. The zero-order chi connectivity index (χ0) is 15.8. The molecule has 0 radical (unpaired) electrons. The number of fused-ring (bicyclic) bond motifs is 2. The first kappa shape index (κ1) is 13.9. The lowest BCUT2D eigenvalue weighted by atomic mass is 10.2. The highest BCUT2D eigenvalue weighted by atomic mass is 32.1. The van der Waals surface area contributed by atoms with Gasteiger partial charge in [-0.15, -0.1) is 11.3 Å². The van der Waals surface area contributed by atoms with Gasteiger partial charge in [0.05, 0.1) is 5.69 Å². The molecule has 23 heavy (non-hydrogen) atoms. The summed E-state index contributed by atoms with van der Waals surface area (Å²) in [6.45, 7) is 2.03. The quantitative estimate of drug-likeness (QED) is 0.540. The number of aromatic nitrogens is 3. The average Bonchev–Trinajstić information content (AvgIpc) is 3.12. The van der Waals surface area contributed by atoms with E-state index in [4.69, 9.17) is 4.74 Å². The largest absolute Gasteiger partial charge is 0.457 e. The first-order chi connectivity index (χ1) is 11.2. The van der Waals surface area contributed by atoms with Crippen LogP contribution in [0.3, 0.4) is 0 Å². The summed E-state index contributed by atoms with van der Waals surface area (Å²) >= 11 is 1.65. The van der Waals surface area contributed by atoms with Crippen LogP contribution in [-0.2, 0) is 11.3 Å². The molecular weight excluding hydrogens is 310 g/mol. The molecule has 0 aliphatic rings. The van der Waals surface area contributed by atoms with Crippen LogP contribution < -0.4 is 0 Å². The summed E-state index contributed by atoms with van der Waals surface area (Å²) in [7, 11) is 0. The summed E-state index contributed by atoms with van der Waals surface area (Å²) in [5.74, 6) is -0.397. The zero-order valence-electron chi connectivity index (χ0n) is 12.4. The summed E-state index contributed by atoms with van der Waals surface area (Å²) in [6, 6.07) is 9.86. The van der Waals surface area contributed by atoms with Crippen LogP contribution in [0.5, 0.6) is 0 Å². The summed E-state index contributed by atoms with van der Waals surface area (Å²) < 4.78 is 8.28. The fourth-order valence-electron chi connectivity index (χ4n) is 2.60. The number of benzene rings is 1. The minimum Gasteiger partial charge on any atom is -0.457 e. The Labute approximate surface area is 136 Å². The molecule has 0 saturated heterocycles. The summed E-state index contributed by atoms with van der Waals surface area (Å²) in [6.07, 6.45) is 3.40. The number of carbonyl (C=O) groups excluding carboxylic acids is 1. The fraction of sp³-hybridized carbons (Fsp3) is 0.118. The van der Waals surface area contributed by atoms with Crippen molar-refractivity contribution in [3.05, 3.63) is 64.9 Å². The Morgan fingerprint density at radius 2 is 2.17 bits per heavy atom. The third-order valence-corrected chi connectivity index (χ3v) is 4.71. The third kappa shape index (κ3) is 2.37. The number of nitrogens with zero attached hydrogens (tertiary/aromatic N) is 3. The predicted octanol–water partition coefficient (Wildman–Crippen LogP) is 3.61. The molecule has 0 spiro atoms. The first-order valence-electron chi connectivity index (χ1n) is 7.16. The first-order valence-corrected chi connectivity index (χ1v) is 8.04. The highest BCUT2D eigenvalue weighted by Crippen LogP contribution is 2.26. The number of carbonyl (C=O) groups is 1. The van der Waals surface area contributed by atoms with Crippen molar-refractivity contribution >= 4 is 33.0 Å². The maximum absolute atomic E-state index is 12.5. The molecule has 4 rings (SSSR count). The smallest absolute Gasteiger partial charge is 0.344 e. The van der Waals surface area contributed by atoms with E-state index < -0.39 is 5.97 Å². The van der Waals surface area contributed by atoms with E-state index in [0.29, 0.717) is 16.9 Å². The number of hydrogen-bond acceptors (Lipinski definition) is 5. The molecule has 1 aromatic carbocycles. The lowest BCUT2D eigenvalue weighted by molar-refractivity contribution is 0.0476. The molecule has 0 saturated carbocycles. The third-order valence-electron chi connectivity index (χ3n) is 3.69. The highest BCUT2D eigenvalue weighted by Gasteiger charge is 2.19. The Morgan fingerprint density at radius 1 is 1.30 bits per heavy atom. The second-order valence-electron chi connectivity index (χ2n) is 5.18. The molecule has 0 fully saturated rings. The van der Waals surface area contributed by atoms with Crippen molar-refractivity contribution in [2.45, 2.75) is 13.5 Å². The van der Waals surface area contributed by atoms with Gasteiger partial charge in [0.25, 0.3) is 0 Å². The number of hydrogen-bond donors (Lipinski definition) is 0. The van der Waals surface area contributed by atoms with Crippen molar-refractivity contribution < 1.29 is 9.53 Å². The van der Waals surface area contributed by atoms with Gasteiger partial charge in [-0.05, 0) is 29.8 Å². The molecule has 5 nitrogen and oxygen atoms in total. The van der Waals surface area contributed by atoms with Crippen LogP contribution >= 0.6 is 11.3 Å². The van der Waals surface area contributed by atoms with Gasteiger partial charge >= 0.3 is 5.97 Å². The number of thiophene rings is 1. The van der Waals surface area contributed by atoms with Gasteiger partial charge in [0.2, 0.25) is 0 Å². The van der Waals surface area contributed by atoms with Crippen LogP contribution in [0, 0.1) is 6.92 Å². The molecule has 0 bridgehead atoms. The number of rotatable bonds is 3. The molecule has 0 amide bonds. The van der Waals surface area contributed by atoms with Crippen LogP contribution in [0.15, 0.2) is 48.1 Å². The Balaban J connectivity index is 1.61. The van der Waals surface area contributed by atoms with Gasteiger partial charge in [0.1, 0.15) is 12.2 Å². The SMILES string of the molecule is Cc1nn2cccnc2c1C(=O)OCc1csc2ccccc12. The van der Waals surface area contributed by atoms with Crippen LogP contribution in [-0.4, -0.2) is 20.6 Å². The highest BCUT2D eigenvalue weighted by molar-refractivity contribution is 7.17. The van der Waals surface area contributed by atoms with Gasteiger partial charge in [-0.25, -0.2) is 14.3 Å². The molecule has 6 heteroatoms. The van der Waals surface area contributed by atoms with Crippen molar-refractivity contribution in [3.63, 3.8) is 0 Å². The lowest BCUT2D eigenvalue weighted by Gasteiger charge is -2.03. The minimum atomic E-state index is -0.397. The standard InChI is InChI=1S/C17H13N3O2S/c1-11-15(16-18-7-4-8-20(16)19-11)17(21)22-9-12-10-23-14-6-3-2-5-13(12)14/h2-8,10H,9H2,1H3. The topological polar surface area (TPSA) is 56.5 Å². The molecule has 0 N–H and O–H groups in total. The summed E-state index contributed by atoms with van der Waals surface area (Å²) in [5.41, 5.74) is 2.57. The van der Waals surface area contributed by atoms with E-state index in [9.17, 15) is 4.79 Å². The molecule has 4 aromatic rings. The van der Waals surface area contributed by atoms with Crippen LogP contribution in [0.1, 0.15) is 21.6 Å². The second-order valence-corrected chi connectivity index (χ2v) is 6.09. The maximum atomic E-state index is 12.5. The fourth-order valence-corrected chi connectivity index (χ4v) is 3.54. The van der Waals surface area contributed by atoms with Gasteiger partial charge in [0.15, 0.2) is 5.65 Å². The van der Waals surface area contributed by atoms with E-state index in [1.165, 1.54) is 4.70 Å². The molecule has 114 valence electrons. The van der Waals surface area contributed by atoms with Crippen molar-refractivity contribution in [1.82, 2.24) is 14.6 Å². The molecule has 0 aliphatic carbocycles. The Bertz CT molecular complexity index is 1020. The molecule has 3 heterocycles. The predicted molar refractivity (Wildman–Crippen MR) is 88.7 cm³/mol. The van der Waals surface area contributed by atoms with E-state index in [-0.39, 0.29) is 6.61 Å². The van der Waals surface area contributed by atoms with E-state index in [0.717, 1.165) is 10.9 Å². The lowest BCUT2D eigenvalue weighted by Crippen LogP contribution is -2.06. The van der Waals surface area contributed by atoms with Crippen LogP contribution in [0.4, 0.5) is 0 Å². The van der Waals surface area contributed by atoms with E-state index in [2.05, 4.69) is 16.1 Å². The van der Waals surface area contributed by atoms with Crippen LogP contribution in [0.2, 0.25) is 0 Å². The van der Waals surface area contributed by atoms with Crippen molar-refractivity contribution in [2.24, 2.45) is 0 Å². The molecule has 0 atom stereocenters. The maximum Gasteiger partial charge on any atom is 0.344 e. The minimum absolute atomic E-state index is 0.243. The summed E-state index contributed by atoms with van der Waals surface area (Å²) in [5, 5.41) is 7.44. The van der Waals surface area contributed by atoms with Gasteiger partial charge in [-0.3, -0.25) is 0 Å². The number of aryl methyl sites for hydroxylation is 1. The Morgan fingerprint density at radius 3 is 3.09 bits per heavy atom. The Kier molecular flexibility index (Phi) is 3.31. The average molecular weight is 323 g/mol. The van der Waals surface area contributed by atoms with Crippen molar-refractivity contribution in [1.29, 1.82) is 0 Å². The number of esters is 1. The number of ether oxygens (including phenoxy) is 1. The van der Waals surface area contributed by atoms with E-state index in [1.54, 1.807) is 41.2 Å². The molecule has 3 aromatic heterocycles. The van der Waals surface area contributed by atoms with Crippen LogP contribution in [0.25, 0.3) is 15.7 Å². The van der Waals surface area contributed by atoms with Crippen molar-refractivity contribution in [3.8, 4) is 0 Å². The van der Waals surface area contributed by atoms with Gasteiger partial charge in [0, 0.05) is 22.7 Å². The van der Waals surface area contributed by atoms with Gasteiger partial charge in [-0.1, -0.05) is 18.2 Å². The van der Waals surface area contributed by atoms with E-state index in [1.807, 2.05) is 23.6 Å². The Hall–Kier alpha value is -2.73. The monoisotopic (exact) mass is 323 g/mol. The van der Waals surface area contributed by atoms with Gasteiger partial charge in [-0.2, -0.15) is 5.10 Å². The molecule has 0 unspecified atom stereocenters. The second kappa shape index (κ2) is 5.48. The normalized spacial score (nSPS) is 11.2. The van der Waals surface area contributed by atoms with Crippen molar-refractivity contribution in [2.75, 3.05) is 0 Å². The zero-order valence-corrected chi connectivity index (χ0v) is 13.2. The van der Waals surface area contributed by atoms with E-state index >= 15 is 0 Å².